The molecule has 0 saturated heterocycles. The highest BCUT2D eigenvalue weighted by Gasteiger charge is 2.17. The number of halogens is 1. The van der Waals surface area contributed by atoms with Gasteiger partial charge in [-0.2, -0.15) is 0 Å². The molecule has 7 heteroatoms. The maximum Gasteiger partial charge on any atom is 0.262 e. The van der Waals surface area contributed by atoms with Crippen molar-refractivity contribution >= 4 is 39.1 Å². The molecule has 1 rings (SSSR count). The maximum absolute atomic E-state index is 11.8. The molecule has 0 spiro atoms. The molecule has 5 nitrogen and oxygen atoms in total. The molecule has 0 aliphatic carbocycles. The van der Waals surface area contributed by atoms with Gasteiger partial charge in [-0.1, -0.05) is 0 Å². The van der Waals surface area contributed by atoms with E-state index in [4.69, 9.17) is 5.73 Å². The smallest absolute Gasteiger partial charge is 0.262 e. The minimum atomic E-state index is -0.550. The van der Waals surface area contributed by atoms with Crippen LogP contribution in [-0.4, -0.2) is 30.9 Å². The number of amides is 2. The van der Waals surface area contributed by atoms with Crippen molar-refractivity contribution in [3.63, 3.8) is 0 Å². The molecule has 19 heavy (non-hydrogen) atoms. The SMILES string of the molecule is CC(NC(=O)c1ccc(Br)s1)C(=O)NCCCCN. The summed E-state index contributed by atoms with van der Waals surface area (Å²) in [6.45, 7) is 2.87. The fourth-order valence-corrected chi connectivity index (χ4v) is 2.69. The Balaban J connectivity index is 2.35. The second kappa shape index (κ2) is 8.29. The van der Waals surface area contributed by atoms with Crippen LogP contribution in [0.15, 0.2) is 15.9 Å². The second-order valence-corrected chi connectivity index (χ2v) is 6.55. The molecule has 0 saturated carbocycles. The standard InChI is InChI=1S/C12H18BrN3O2S/c1-8(11(17)15-7-3-2-6-14)16-12(18)9-4-5-10(13)19-9/h4-5,8H,2-3,6-7,14H2,1H3,(H,15,17)(H,16,18). The van der Waals surface area contributed by atoms with Crippen LogP contribution < -0.4 is 16.4 Å². The summed E-state index contributed by atoms with van der Waals surface area (Å²) in [5.41, 5.74) is 5.37. The third kappa shape index (κ3) is 5.71. The van der Waals surface area contributed by atoms with Gasteiger partial charge in [-0.15, -0.1) is 11.3 Å². The lowest BCUT2D eigenvalue weighted by Gasteiger charge is -2.13. The summed E-state index contributed by atoms with van der Waals surface area (Å²) in [6.07, 6.45) is 1.73. The van der Waals surface area contributed by atoms with Gasteiger partial charge in [-0.25, -0.2) is 0 Å². The van der Waals surface area contributed by atoms with Crippen molar-refractivity contribution in [1.29, 1.82) is 0 Å². The average Bonchev–Trinajstić information content (AvgIpc) is 2.81. The molecule has 0 bridgehead atoms. The molecule has 106 valence electrons. The minimum Gasteiger partial charge on any atom is -0.354 e. The van der Waals surface area contributed by atoms with Gasteiger partial charge in [0.25, 0.3) is 5.91 Å². The third-order valence-electron chi connectivity index (χ3n) is 2.47. The molecule has 1 unspecified atom stereocenters. The van der Waals surface area contributed by atoms with Crippen LogP contribution in [0.2, 0.25) is 0 Å². The van der Waals surface area contributed by atoms with E-state index < -0.39 is 6.04 Å². The predicted octanol–water partition coefficient (Wildman–Crippen LogP) is 1.48. The molecule has 0 aliphatic rings. The molecule has 1 heterocycles. The highest BCUT2D eigenvalue weighted by atomic mass is 79.9. The summed E-state index contributed by atoms with van der Waals surface area (Å²) in [5.74, 6) is -0.415. The van der Waals surface area contributed by atoms with Crippen LogP contribution >= 0.6 is 27.3 Å². The zero-order chi connectivity index (χ0) is 14.3. The highest BCUT2D eigenvalue weighted by molar-refractivity contribution is 9.11. The number of nitrogens with one attached hydrogen (secondary N) is 2. The number of rotatable bonds is 7. The molecule has 1 aromatic heterocycles. The Bertz CT molecular complexity index is 436. The Morgan fingerprint density at radius 2 is 2.16 bits per heavy atom. The van der Waals surface area contributed by atoms with Gasteiger partial charge in [0.05, 0.1) is 8.66 Å². The molecule has 0 aliphatic heterocycles. The van der Waals surface area contributed by atoms with Crippen molar-refractivity contribution < 1.29 is 9.59 Å². The van der Waals surface area contributed by atoms with E-state index in [0.29, 0.717) is 18.0 Å². The summed E-state index contributed by atoms with van der Waals surface area (Å²) in [6, 6.07) is 2.97. The quantitative estimate of drug-likeness (QED) is 0.653. The number of hydrogen-bond acceptors (Lipinski definition) is 4. The molecule has 0 fully saturated rings. The van der Waals surface area contributed by atoms with Gasteiger partial charge in [0.2, 0.25) is 5.91 Å². The first-order valence-corrected chi connectivity index (χ1v) is 7.69. The Hall–Kier alpha value is -0.920. The third-order valence-corrected chi connectivity index (χ3v) is 4.09. The summed E-state index contributed by atoms with van der Waals surface area (Å²) in [7, 11) is 0. The number of hydrogen-bond donors (Lipinski definition) is 3. The van der Waals surface area contributed by atoms with Crippen LogP contribution in [0.25, 0.3) is 0 Å². The van der Waals surface area contributed by atoms with Gasteiger partial charge >= 0.3 is 0 Å². The monoisotopic (exact) mass is 347 g/mol. The van der Waals surface area contributed by atoms with E-state index >= 15 is 0 Å². The van der Waals surface area contributed by atoms with Crippen LogP contribution in [-0.2, 0) is 4.79 Å². The predicted molar refractivity (Wildman–Crippen MR) is 80.2 cm³/mol. The summed E-state index contributed by atoms with van der Waals surface area (Å²) in [5, 5.41) is 5.43. The Morgan fingerprint density at radius 3 is 2.74 bits per heavy atom. The molecule has 4 N–H and O–H groups in total. The van der Waals surface area contributed by atoms with Crippen LogP contribution in [0.3, 0.4) is 0 Å². The van der Waals surface area contributed by atoms with Crippen molar-refractivity contribution in [2.75, 3.05) is 13.1 Å². The highest BCUT2D eigenvalue weighted by Crippen LogP contribution is 2.21. The topological polar surface area (TPSA) is 84.2 Å². The van der Waals surface area contributed by atoms with E-state index in [9.17, 15) is 9.59 Å². The van der Waals surface area contributed by atoms with Crippen molar-refractivity contribution in [2.45, 2.75) is 25.8 Å². The minimum absolute atomic E-state index is 0.180. The largest absolute Gasteiger partial charge is 0.354 e. The molecule has 0 radical (unpaired) electrons. The first-order valence-electron chi connectivity index (χ1n) is 6.08. The Morgan fingerprint density at radius 1 is 1.42 bits per heavy atom. The molecular formula is C12H18BrN3O2S. The van der Waals surface area contributed by atoms with E-state index in [1.165, 1.54) is 11.3 Å². The molecule has 2 amide bonds. The van der Waals surface area contributed by atoms with Crippen molar-refractivity contribution in [1.82, 2.24) is 10.6 Å². The van der Waals surface area contributed by atoms with Crippen LogP contribution in [0, 0.1) is 0 Å². The van der Waals surface area contributed by atoms with Crippen LogP contribution in [0.1, 0.15) is 29.4 Å². The lowest BCUT2D eigenvalue weighted by atomic mass is 10.2. The Kier molecular flexibility index (Phi) is 7.04. The van der Waals surface area contributed by atoms with Gasteiger partial charge in [-0.3, -0.25) is 9.59 Å². The van der Waals surface area contributed by atoms with E-state index in [1.807, 2.05) is 0 Å². The van der Waals surface area contributed by atoms with Crippen molar-refractivity contribution in [3.8, 4) is 0 Å². The molecular weight excluding hydrogens is 330 g/mol. The lowest BCUT2D eigenvalue weighted by Crippen LogP contribution is -2.44. The number of unbranched alkanes of at least 4 members (excludes halogenated alkanes) is 1. The van der Waals surface area contributed by atoms with Crippen molar-refractivity contribution in [3.05, 3.63) is 20.8 Å². The maximum atomic E-state index is 11.8. The van der Waals surface area contributed by atoms with Crippen molar-refractivity contribution in [2.24, 2.45) is 5.73 Å². The van der Waals surface area contributed by atoms with Crippen LogP contribution in [0.4, 0.5) is 0 Å². The molecule has 1 atom stereocenters. The van der Waals surface area contributed by atoms with Crippen LogP contribution in [0.5, 0.6) is 0 Å². The van der Waals surface area contributed by atoms with E-state index in [0.717, 1.165) is 16.6 Å². The zero-order valence-corrected chi connectivity index (χ0v) is 13.1. The number of carbonyl (C=O) groups is 2. The van der Waals surface area contributed by atoms with Gasteiger partial charge in [-0.05, 0) is 54.4 Å². The van der Waals surface area contributed by atoms with E-state index in [2.05, 4.69) is 26.6 Å². The summed E-state index contributed by atoms with van der Waals surface area (Å²) >= 11 is 4.63. The average molecular weight is 348 g/mol. The first kappa shape index (κ1) is 16.1. The summed E-state index contributed by atoms with van der Waals surface area (Å²) in [4.78, 5) is 24.1. The first-order chi connectivity index (χ1) is 9.04. The number of carbonyl (C=O) groups excluding carboxylic acids is 2. The zero-order valence-electron chi connectivity index (χ0n) is 10.7. The number of nitrogens with two attached hydrogens (primary N) is 1. The van der Waals surface area contributed by atoms with Gasteiger partial charge in [0, 0.05) is 6.54 Å². The van der Waals surface area contributed by atoms with Gasteiger partial charge < -0.3 is 16.4 Å². The normalized spacial score (nSPS) is 11.9. The lowest BCUT2D eigenvalue weighted by molar-refractivity contribution is -0.122. The second-order valence-electron chi connectivity index (χ2n) is 4.09. The molecule has 0 aromatic carbocycles. The van der Waals surface area contributed by atoms with E-state index in [-0.39, 0.29) is 11.8 Å². The Labute approximate surface area is 125 Å². The van der Waals surface area contributed by atoms with E-state index in [1.54, 1.807) is 19.1 Å². The fraction of sp³-hybridized carbons (Fsp3) is 0.500. The van der Waals surface area contributed by atoms with Gasteiger partial charge in [0.15, 0.2) is 0 Å². The fourth-order valence-electron chi connectivity index (χ4n) is 1.40. The number of thiophene rings is 1. The molecule has 1 aromatic rings. The summed E-state index contributed by atoms with van der Waals surface area (Å²) < 4.78 is 0.886. The van der Waals surface area contributed by atoms with Gasteiger partial charge in [0.1, 0.15) is 6.04 Å².